The van der Waals surface area contributed by atoms with Crippen LogP contribution in [0.4, 0.5) is 0 Å². The Balaban J connectivity index is 2.19. The largest absolute Gasteiger partial charge is 0.393 e. The van der Waals surface area contributed by atoms with Crippen molar-refractivity contribution in [2.24, 2.45) is 0 Å². The highest BCUT2D eigenvalue weighted by Gasteiger charge is 2.21. The summed E-state index contributed by atoms with van der Waals surface area (Å²) in [6.45, 7) is 1.29. The molecule has 0 radical (unpaired) electrons. The van der Waals surface area contributed by atoms with E-state index in [2.05, 4.69) is 0 Å². The quantitative estimate of drug-likeness (QED) is 0.656. The summed E-state index contributed by atoms with van der Waals surface area (Å²) in [7, 11) is 0. The van der Waals surface area contributed by atoms with Gasteiger partial charge in [0.25, 0.3) is 0 Å². The van der Waals surface area contributed by atoms with Gasteiger partial charge < -0.3 is 10.2 Å². The number of thiocarbonyl (C=S) groups is 1. The van der Waals surface area contributed by atoms with E-state index in [9.17, 15) is 10.2 Å². The van der Waals surface area contributed by atoms with E-state index in [1.54, 1.807) is 6.92 Å². The van der Waals surface area contributed by atoms with Crippen molar-refractivity contribution in [2.45, 2.75) is 18.9 Å². The first-order valence-electron chi connectivity index (χ1n) is 6.54. The summed E-state index contributed by atoms with van der Waals surface area (Å²) in [5.74, 6) is 0. The highest BCUT2D eigenvalue weighted by Crippen LogP contribution is 2.21. The monoisotopic (exact) mass is 286 g/mol. The van der Waals surface area contributed by atoms with Crippen LogP contribution in [0.25, 0.3) is 0 Å². The molecule has 0 saturated carbocycles. The minimum Gasteiger partial charge on any atom is -0.393 e. The fourth-order valence-electron chi connectivity index (χ4n) is 2.02. The van der Waals surface area contributed by atoms with Crippen molar-refractivity contribution in [3.63, 3.8) is 0 Å². The molecule has 0 aromatic heterocycles. The zero-order valence-corrected chi connectivity index (χ0v) is 12.2. The molecule has 2 rings (SSSR count). The Bertz CT molecular complexity index is 591. The van der Waals surface area contributed by atoms with E-state index < -0.39 is 5.60 Å². The number of hydrogen-bond acceptors (Lipinski definition) is 3. The first-order valence-corrected chi connectivity index (χ1v) is 6.94. The Morgan fingerprint density at radius 2 is 1.80 bits per heavy atom. The van der Waals surface area contributed by atoms with Crippen molar-refractivity contribution in [1.29, 1.82) is 0 Å². The maximum absolute atomic E-state index is 10.1. The third-order valence-corrected chi connectivity index (χ3v) is 3.70. The molecule has 0 saturated heterocycles. The molecule has 0 spiro atoms. The molecular weight excluding hydrogens is 268 g/mol. The third kappa shape index (κ3) is 3.51. The van der Waals surface area contributed by atoms with Gasteiger partial charge >= 0.3 is 0 Å². The summed E-state index contributed by atoms with van der Waals surface area (Å²) in [5, 5.41) is 19.3. The van der Waals surface area contributed by atoms with Gasteiger partial charge in [-0.2, -0.15) is 0 Å². The number of rotatable bonds is 5. The predicted octanol–water partition coefficient (Wildman–Crippen LogP) is 2.85. The highest BCUT2D eigenvalue weighted by molar-refractivity contribution is 7.80. The molecule has 2 N–H and O–H groups in total. The van der Waals surface area contributed by atoms with E-state index in [0.717, 1.165) is 16.0 Å². The average Bonchev–Trinajstić information content (AvgIpc) is 2.48. The number of aliphatic hydroxyl groups excluding tert-OH is 1. The topological polar surface area (TPSA) is 40.5 Å². The van der Waals surface area contributed by atoms with Gasteiger partial charge in [-0.25, -0.2) is 0 Å². The maximum Gasteiger partial charge on any atom is 0.110 e. The second-order valence-corrected chi connectivity index (χ2v) is 5.59. The van der Waals surface area contributed by atoms with E-state index in [4.69, 9.17) is 12.2 Å². The van der Waals surface area contributed by atoms with Crippen molar-refractivity contribution >= 4 is 17.1 Å². The summed E-state index contributed by atoms with van der Waals surface area (Å²) in [4.78, 5) is 0.867. The smallest absolute Gasteiger partial charge is 0.110 e. The van der Waals surface area contributed by atoms with Gasteiger partial charge in [-0.1, -0.05) is 66.8 Å². The van der Waals surface area contributed by atoms with Gasteiger partial charge in [-0.15, -0.1) is 0 Å². The zero-order chi connectivity index (χ0) is 14.6. The van der Waals surface area contributed by atoms with E-state index >= 15 is 0 Å². The van der Waals surface area contributed by atoms with Gasteiger partial charge in [0.1, 0.15) is 5.60 Å². The molecule has 3 heteroatoms. The Hall–Kier alpha value is -1.55. The predicted molar refractivity (Wildman–Crippen MR) is 84.9 cm³/mol. The summed E-state index contributed by atoms with van der Waals surface area (Å²) in [5.41, 5.74) is 1.56. The normalized spacial score (nSPS) is 13.8. The first-order chi connectivity index (χ1) is 9.53. The van der Waals surface area contributed by atoms with Crippen molar-refractivity contribution in [3.05, 3.63) is 71.3 Å². The molecule has 1 unspecified atom stereocenters. The van der Waals surface area contributed by atoms with Crippen LogP contribution < -0.4 is 0 Å². The fraction of sp³-hybridized carbons (Fsp3) is 0.235. The summed E-state index contributed by atoms with van der Waals surface area (Å²) < 4.78 is 0. The SMILES string of the molecule is CC(O)(CO)c1cccc(CC(=S)c2ccccc2)c1. The van der Waals surface area contributed by atoms with Gasteiger partial charge in [-0.05, 0) is 23.6 Å². The standard InChI is InChI=1S/C17H18O2S/c1-17(19,12-18)15-9-5-6-13(10-15)11-16(20)14-7-3-2-4-8-14/h2-10,18-19H,11-12H2,1H3. The van der Waals surface area contributed by atoms with Crippen molar-refractivity contribution < 1.29 is 10.2 Å². The number of benzene rings is 2. The molecule has 0 bridgehead atoms. The van der Waals surface area contributed by atoms with Crippen LogP contribution in [-0.2, 0) is 12.0 Å². The molecule has 2 aromatic rings. The Morgan fingerprint density at radius 3 is 2.45 bits per heavy atom. The van der Waals surface area contributed by atoms with E-state index in [1.165, 1.54) is 0 Å². The molecule has 104 valence electrons. The van der Waals surface area contributed by atoms with Crippen LogP contribution in [0.2, 0.25) is 0 Å². The van der Waals surface area contributed by atoms with Crippen molar-refractivity contribution in [2.75, 3.05) is 6.61 Å². The molecule has 1 atom stereocenters. The van der Waals surface area contributed by atoms with Gasteiger partial charge in [0, 0.05) is 11.3 Å². The van der Waals surface area contributed by atoms with Crippen LogP contribution in [-0.4, -0.2) is 21.7 Å². The molecule has 0 amide bonds. The molecule has 20 heavy (non-hydrogen) atoms. The van der Waals surface area contributed by atoms with Crippen LogP contribution >= 0.6 is 12.2 Å². The third-order valence-electron chi connectivity index (χ3n) is 3.32. The average molecular weight is 286 g/mol. The summed E-state index contributed by atoms with van der Waals surface area (Å²) >= 11 is 5.46. The molecule has 0 heterocycles. The maximum atomic E-state index is 10.1. The summed E-state index contributed by atoms with van der Waals surface area (Å²) in [6, 6.07) is 17.5. The molecule has 2 aromatic carbocycles. The van der Waals surface area contributed by atoms with Gasteiger partial charge in [0.15, 0.2) is 0 Å². The van der Waals surface area contributed by atoms with E-state index in [0.29, 0.717) is 12.0 Å². The molecule has 2 nitrogen and oxygen atoms in total. The summed E-state index contributed by atoms with van der Waals surface area (Å²) in [6.07, 6.45) is 0.648. The van der Waals surface area contributed by atoms with Crippen LogP contribution in [0.3, 0.4) is 0 Å². The van der Waals surface area contributed by atoms with Crippen LogP contribution in [0.5, 0.6) is 0 Å². The lowest BCUT2D eigenvalue weighted by Gasteiger charge is -2.21. The van der Waals surface area contributed by atoms with Gasteiger partial charge in [0.2, 0.25) is 0 Å². The number of aliphatic hydroxyl groups is 2. The second kappa shape index (κ2) is 6.27. The Morgan fingerprint density at radius 1 is 1.10 bits per heavy atom. The Labute approximate surface area is 124 Å². The highest BCUT2D eigenvalue weighted by atomic mass is 32.1. The van der Waals surface area contributed by atoms with Crippen molar-refractivity contribution in [3.8, 4) is 0 Å². The van der Waals surface area contributed by atoms with Crippen LogP contribution in [0, 0.1) is 0 Å². The van der Waals surface area contributed by atoms with Crippen molar-refractivity contribution in [1.82, 2.24) is 0 Å². The first kappa shape index (κ1) is 14.9. The van der Waals surface area contributed by atoms with E-state index in [-0.39, 0.29) is 6.61 Å². The fourth-order valence-corrected chi connectivity index (χ4v) is 2.32. The lowest BCUT2D eigenvalue weighted by Crippen LogP contribution is -2.25. The van der Waals surface area contributed by atoms with Gasteiger partial charge in [0.05, 0.1) is 6.61 Å². The van der Waals surface area contributed by atoms with Crippen LogP contribution in [0.1, 0.15) is 23.6 Å². The zero-order valence-electron chi connectivity index (χ0n) is 11.4. The molecule has 0 aliphatic rings. The second-order valence-electron chi connectivity index (χ2n) is 5.10. The molecule has 0 fully saturated rings. The lowest BCUT2D eigenvalue weighted by atomic mass is 9.93. The minimum absolute atomic E-state index is 0.306. The molecular formula is C17H18O2S. The van der Waals surface area contributed by atoms with E-state index in [1.807, 2.05) is 54.6 Å². The van der Waals surface area contributed by atoms with Gasteiger partial charge in [-0.3, -0.25) is 0 Å². The van der Waals surface area contributed by atoms with Crippen LogP contribution in [0.15, 0.2) is 54.6 Å². The molecule has 0 aliphatic heterocycles. The molecule has 0 aliphatic carbocycles. The lowest BCUT2D eigenvalue weighted by molar-refractivity contribution is -0.00232. The Kier molecular flexibility index (Phi) is 4.65. The number of hydrogen-bond donors (Lipinski definition) is 2. The minimum atomic E-state index is -1.22.